The fourth-order valence-corrected chi connectivity index (χ4v) is 11.6. The van der Waals surface area contributed by atoms with Crippen LogP contribution < -0.4 is 27.4 Å². The predicted octanol–water partition coefficient (Wildman–Crippen LogP) is 11.8. The number of amidine groups is 1. The van der Waals surface area contributed by atoms with Gasteiger partial charge in [-0.15, -0.1) is 0 Å². The summed E-state index contributed by atoms with van der Waals surface area (Å²) in [6, 6.07) is 24.2. The predicted molar refractivity (Wildman–Crippen MR) is 386 cm³/mol. The molecule has 0 fully saturated rings. The SMILES string of the molecule is CC(C)(C)OC(=O)N[C@@H]1CCc2cc(C(N)=NO)ccc21.CCC(=O)OC(=O)CC.CCc1nc(-c2ccc3c(c2)CC[C@H]3N)no1.CCc1nc(-c2ccc3c(c2)CC[C@H]3NC(=O)OC(C)(C)C)no1.CCc1nc(-c2ccc3c(c2)CC[C@H]3NC(=O)c2cnn(C)c2)no1.Cn1cc(C(=O)O)cn1. The Morgan fingerprint density at radius 2 is 0.905 bits per heavy atom. The molecule has 0 saturated carbocycles. The lowest BCUT2D eigenvalue weighted by atomic mass is 10.0. The summed E-state index contributed by atoms with van der Waals surface area (Å²) in [5.41, 5.74) is 24.4. The average molecular weight is 1440 g/mol. The van der Waals surface area contributed by atoms with Crippen molar-refractivity contribution in [2.45, 2.75) is 195 Å². The molecule has 5 heterocycles. The fraction of sp³-hybridized carbons (Fsp3) is 0.427. The monoisotopic (exact) mass is 1440 g/mol. The molecular formula is C75H94N16O14. The number of amides is 3. The highest BCUT2D eigenvalue weighted by molar-refractivity contribution is 5.97. The molecule has 558 valence electrons. The van der Waals surface area contributed by atoms with Crippen LogP contribution in [0.15, 0.2) is 116 Å². The van der Waals surface area contributed by atoms with Crippen LogP contribution in [0.4, 0.5) is 9.59 Å². The van der Waals surface area contributed by atoms with Gasteiger partial charge in [-0.25, -0.2) is 14.4 Å². The second kappa shape index (κ2) is 36.1. The van der Waals surface area contributed by atoms with Crippen molar-refractivity contribution < 1.29 is 66.9 Å². The highest BCUT2D eigenvalue weighted by Crippen LogP contribution is 2.37. The lowest BCUT2D eigenvalue weighted by molar-refractivity contribution is -0.159. The highest BCUT2D eigenvalue weighted by atomic mass is 16.6. The molecule has 13 rings (SSSR count). The van der Waals surface area contributed by atoms with Crippen LogP contribution in [0.3, 0.4) is 0 Å². The van der Waals surface area contributed by atoms with Gasteiger partial charge in [0.15, 0.2) is 5.84 Å². The Bertz CT molecular complexity index is 4500. The number of oxime groups is 1. The summed E-state index contributed by atoms with van der Waals surface area (Å²) >= 11 is 0. The number of carboxylic acid groups (broad SMARTS) is 1. The van der Waals surface area contributed by atoms with Crippen molar-refractivity contribution in [1.82, 2.24) is 65.9 Å². The van der Waals surface area contributed by atoms with Crippen molar-refractivity contribution in [3.63, 3.8) is 0 Å². The summed E-state index contributed by atoms with van der Waals surface area (Å²) in [4.78, 5) is 80.1. The number of aromatic nitrogens is 10. The minimum atomic E-state index is -0.942. The molecule has 3 amide bonds. The number of nitrogens with one attached hydrogen (secondary N) is 3. The van der Waals surface area contributed by atoms with E-state index in [1.807, 2.05) is 105 Å². The van der Waals surface area contributed by atoms with Crippen LogP contribution in [-0.2, 0) is 82.8 Å². The molecule has 30 nitrogen and oxygen atoms in total. The number of ether oxygens (including phenoxy) is 3. The highest BCUT2D eigenvalue weighted by Gasteiger charge is 2.30. The van der Waals surface area contributed by atoms with Gasteiger partial charge in [0.2, 0.25) is 35.1 Å². The summed E-state index contributed by atoms with van der Waals surface area (Å²) in [7, 11) is 3.47. The van der Waals surface area contributed by atoms with E-state index in [-0.39, 0.29) is 60.4 Å². The average Bonchev–Trinajstić information content (AvgIpc) is 1.69. The number of benzene rings is 4. The molecule has 4 aromatic carbocycles. The number of aromatic carboxylic acids is 1. The van der Waals surface area contributed by atoms with Crippen LogP contribution in [0.2, 0.25) is 0 Å². The number of carboxylic acids is 1. The van der Waals surface area contributed by atoms with Gasteiger partial charge in [-0.1, -0.05) is 104 Å². The Labute approximate surface area is 608 Å². The molecule has 30 heteroatoms. The van der Waals surface area contributed by atoms with Crippen molar-refractivity contribution in [2.24, 2.45) is 30.7 Å². The Morgan fingerprint density at radius 3 is 1.26 bits per heavy atom. The third-order valence-electron chi connectivity index (χ3n) is 16.8. The summed E-state index contributed by atoms with van der Waals surface area (Å²) in [5.74, 6) is 1.98. The number of esters is 2. The fourth-order valence-electron chi connectivity index (χ4n) is 11.6. The van der Waals surface area contributed by atoms with Gasteiger partial charge >= 0.3 is 30.1 Å². The van der Waals surface area contributed by atoms with E-state index < -0.39 is 35.2 Å². The molecule has 4 aliphatic rings. The molecular weight excluding hydrogens is 1350 g/mol. The van der Waals surface area contributed by atoms with Gasteiger partial charge in [0.05, 0.1) is 41.6 Å². The van der Waals surface area contributed by atoms with E-state index in [0.717, 1.165) is 110 Å². The second-order valence-corrected chi connectivity index (χ2v) is 27.1. The molecule has 0 spiro atoms. The molecule has 5 aromatic heterocycles. The van der Waals surface area contributed by atoms with Gasteiger partial charge in [0, 0.05) is 86.9 Å². The molecule has 4 atom stereocenters. The summed E-state index contributed by atoms with van der Waals surface area (Å²) in [5, 5.41) is 48.7. The number of hydrogen-bond donors (Lipinski definition) is 7. The molecule has 0 radical (unpaired) electrons. The quantitative estimate of drug-likeness (QED) is 0.0101. The van der Waals surface area contributed by atoms with Crippen molar-refractivity contribution in [3.05, 3.63) is 176 Å². The van der Waals surface area contributed by atoms with Crippen LogP contribution in [0.1, 0.15) is 227 Å². The van der Waals surface area contributed by atoms with Gasteiger partial charge in [-0.2, -0.15) is 25.1 Å². The maximum Gasteiger partial charge on any atom is 0.408 e. The Hall–Kier alpha value is -11.4. The normalized spacial score (nSPS) is 15.8. The number of nitrogens with zero attached hydrogens (tertiary/aromatic N) is 11. The molecule has 0 bridgehead atoms. The van der Waals surface area contributed by atoms with Gasteiger partial charge in [0.25, 0.3) is 5.91 Å². The Kier molecular flexibility index (Phi) is 27.3. The first kappa shape index (κ1) is 79.3. The zero-order valence-electron chi connectivity index (χ0n) is 61.6. The van der Waals surface area contributed by atoms with E-state index in [0.29, 0.717) is 46.3 Å². The molecule has 9 N–H and O–H groups in total. The lowest BCUT2D eigenvalue weighted by Gasteiger charge is -2.22. The minimum absolute atomic E-state index is 0.0135. The largest absolute Gasteiger partial charge is 0.478 e. The molecule has 0 unspecified atom stereocenters. The molecule has 0 aliphatic heterocycles. The zero-order valence-corrected chi connectivity index (χ0v) is 61.6. The van der Waals surface area contributed by atoms with E-state index in [4.69, 9.17) is 44.8 Å². The standard InChI is InChI=1S/C18H19N5O2.C18H23N3O3.C15H21N3O3.C13H15N3O.C6H10O3.C5H6N2O2/c1-3-16-21-17(22-25-16)12-4-6-14-11(8-12)5-7-15(14)20-18(24)13-9-19-23(2)10-13;1-5-15-20-16(21-24-15)12-6-8-13-11(10-12)7-9-14(13)19-17(22)23-18(2,3)4;1-15(2,3)21-14(19)17-12-7-5-9-8-10(13(16)18-20)4-6-11(9)12;1-2-12-15-13(16-17-12)9-3-5-10-8(7-9)4-6-11(10)14;1-3-5(7)9-6(8)4-2;1-7-3-4(2-6-7)5(8)9/h4,6,8-10,15H,3,5,7H2,1-2H3,(H,20,24);6,8,10,14H,5,7,9H2,1-4H3,(H,19,22);4,6,8,12,20H,5,7H2,1-3H3,(H2,16,18)(H,17,19);3,5,7,11H,2,4,6,14H2,1H3;3-4H2,1-2H3;2-3H,1H3,(H,8,9)/t15-;14-;12-;11-;;/m1111../s1. The van der Waals surface area contributed by atoms with Crippen molar-refractivity contribution >= 4 is 41.8 Å². The summed E-state index contributed by atoms with van der Waals surface area (Å²) in [6.45, 7) is 20.3. The smallest absolute Gasteiger partial charge is 0.408 e. The van der Waals surface area contributed by atoms with Crippen molar-refractivity contribution in [2.75, 3.05) is 0 Å². The van der Waals surface area contributed by atoms with Gasteiger partial charge in [-0.05, 0) is 162 Å². The van der Waals surface area contributed by atoms with E-state index in [2.05, 4.69) is 90.7 Å². The van der Waals surface area contributed by atoms with Gasteiger partial charge in [-0.3, -0.25) is 23.7 Å². The summed E-state index contributed by atoms with van der Waals surface area (Å²) < 4.78 is 33.4. The maximum atomic E-state index is 12.4. The Morgan fingerprint density at radius 1 is 0.533 bits per heavy atom. The number of carbonyl (C=O) groups is 6. The topological polar surface area (TPSA) is 423 Å². The van der Waals surface area contributed by atoms with Crippen LogP contribution in [0.5, 0.6) is 0 Å². The number of aryl methyl sites for hydroxylation is 9. The Balaban J connectivity index is 0.000000165. The second-order valence-electron chi connectivity index (χ2n) is 27.1. The molecule has 0 saturated heterocycles. The van der Waals surface area contributed by atoms with Gasteiger partial charge in [0.1, 0.15) is 11.2 Å². The van der Waals surface area contributed by atoms with Crippen molar-refractivity contribution in [1.29, 1.82) is 0 Å². The van der Waals surface area contributed by atoms with Crippen LogP contribution in [0, 0.1) is 0 Å². The molecule has 105 heavy (non-hydrogen) atoms. The minimum Gasteiger partial charge on any atom is -0.478 e. The lowest BCUT2D eigenvalue weighted by Crippen LogP contribution is -2.34. The number of carbonyl (C=O) groups excluding carboxylic acids is 5. The van der Waals surface area contributed by atoms with Gasteiger partial charge < -0.3 is 65.5 Å². The maximum absolute atomic E-state index is 12.4. The third kappa shape index (κ3) is 22.5. The first-order chi connectivity index (χ1) is 50.0. The van der Waals surface area contributed by atoms with Crippen LogP contribution in [-0.4, -0.2) is 113 Å². The third-order valence-corrected chi connectivity index (χ3v) is 16.8. The number of rotatable bonds is 14. The van der Waals surface area contributed by atoms with E-state index >= 15 is 0 Å². The number of fused-ring (bicyclic) bond motifs is 4. The number of nitrogens with two attached hydrogens (primary N) is 2. The van der Waals surface area contributed by atoms with Crippen LogP contribution >= 0.6 is 0 Å². The first-order valence-electron chi connectivity index (χ1n) is 34.9. The van der Waals surface area contributed by atoms with Crippen molar-refractivity contribution in [3.8, 4) is 34.2 Å². The summed E-state index contributed by atoms with van der Waals surface area (Å²) in [6.07, 6.45) is 15.3. The number of hydrogen-bond acceptors (Lipinski definition) is 23. The molecule has 4 aliphatic carbocycles. The number of alkyl carbamates (subject to hydrolysis) is 2. The zero-order chi connectivity index (χ0) is 76.3. The van der Waals surface area contributed by atoms with E-state index in [1.165, 1.54) is 39.3 Å². The van der Waals surface area contributed by atoms with Crippen LogP contribution in [0.25, 0.3) is 34.2 Å². The molecule has 9 aromatic rings. The van der Waals surface area contributed by atoms with E-state index in [1.54, 1.807) is 51.1 Å². The first-order valence-corrected chi connectivity index (χ1v) is 34.9. The van der Waals surface area contributed by atoms with E-state index in [9.17, 15) is 28.8 Å².